The molecule has 0 radical (unpaired) electrons. The molecule has 3 heterocycles. The maximum atomic E-state index is 14.7. The molecule has 0 aromatic carbocycles. The summed E-state index contributed by atoms with van der Waals surface area (Å²) < 4.78 is 28.0. The SMILES string of the molecule is CCn1nc(-c2ccsc2)cc1C=C(F)B1OC(C)(C)C(C)(C)O1. The molecular weight excluding hydrogens is 326 g/mol. The van der Waals surface area contributed by atoms with Crippen LogP contribution in [0.2, 0.25) is 0 Å². The Morgan fingerprint density at radius 2 is 2.00 bits per heavy atom. The van der Waals surface area contributed by atoms with E-state index in [1.54, 1.807) is 16.0 Å². The lowest BCUT2D eigenvalue weighted by Crippen LogP contribution is -2.41. The van der Waals surface area contributed by atoms with Crippen molar-refractivity contribution in [1.29, 1.82) is 0 Å². The van der Waals surface area contributed by atoms with E-state index in [1.807, 2.05) is 57.5 Å². The zero-order valence-electron chi connectivity index (χ0n) is 14.7. The molecular formula is C17H22BFN2O2S. The number of nitrogens with zero attached hydrogens (tertiary/aromatic N) is 2. The van der Waals surface area contributed by atoms with Crippen LogP contribution in [0.3, 0.4) is 0 Å². The van der Waals surface area contributed by atoms with E-state index in [4.69, 9.17) is 9.31 Å². The first-order valence-corrected chi connectivity index (χ1v) is 9.01. The van der Waals surface area contributed by atoms with Gasteiger partial charge in [-0.25, -0.2) is 4.39 Å². The molecule has 1 fully saturated rings. The monoisotopic (exact) mass is 348 g/mol. The number of rotatable bonds is 4. The molecule has 0 N–H and O–H groups in total. The summed E-state index contributed by atoms with van der Waals surface area (Å²) in [6.45, 7) is 10.3. The average molecular weight is 348 g/mol. The van der Waals surface area contributed by atoms with Crippen molar-refractivity contribution in [3.05, 3.63) is 34.3 Å². The Morgan fingerprint density at radius 1 is 1.33 bits per heavy atom. The van der Waals surface area contributed by atoms with E-state index < -0.39 is 24.0 Å². The molecule has 1 aliphatic rings. The third kappa shape index (κ3) is 3.08. The van der Waals surface area contributed by atoms with Gasteiger partial charge in [-0.2, -0.15) is 16.4 Å². The van der Waals surface area contributed by atoms with Gasteiger partial charge in [-0.05, 0) is 58.2 Å². The topological polar surface area (TPSA) is 36.3 Å². The predicted octanol–water partition coefficient (Wildman–Crippen LogP) is 4.57. The number of aryl methyl sites for hydroxylation is 1. The summed E-state index contributed by atoms with van der Waals surface area (Å²) in [4.78, 5) is 0. The number of aromatic nitrogens is 2. The molecule has 0 spiro atoms. The fourth-order valence-electron chi connectivity index (χ4n) is 2.52. The number of halogens is 1. The quantitative estimate of drug-likeness (QED) is 0.759. The van der Waals surface area contributed by atoms with Gasteiger partial charge in [0.15, 0.2) is 0 Å². The molecule has 2 aromatic rings. The van der Waals surface area contributed by atoms with Gasteiger partial charge in [-0.1, -0.05) is 0 Å². The van der Waals surface area contributed by atoms with Gasteiger partial charge in [0.25, 0.3) is 0 Å². The Bertz CT molecular complexity index is 737. The predicted molar refractivity (Wildman–Crippen MR) is 96.4 cm³/mol. The Morgan fingerprint density at radius 3 is 2.54 bits per heavy atom. The molecule has 4 nitrogen and oxygen atoms in total. The summed E-state index contributed by atoms with van der Waals surface area (Å²) in [6, 6.07) is 3.89. The maximum absolute atomic E-state index is 14.7. The Kier molecular flexibility index (Phi) is 4.44. The second-order valence-electron chi connectivity index (χ2n) is 6.90. The molecule has 24 heavy (non-hydrogen) atoms. The van der Waals surface area contributed by atoms with Crippen molar-refractivity contribution < 1.29 is 13.7 Å². The smallest absolute Gasteiger partial charge is 0.398 e. The van der Waals surface area contributed by atoms with E-state index >= 15 is 0 Å². The van der Waals surface area contributed by atoms with Crippen molar-refractivity contribution in [3.8, 4) is 11.3 Å². The van der Waals surface area contributed by atoms with E-state index in [1.165, 1.54) is 6.08 Å². The molecule has 0 aliphatic carbocycles. The molecule has 0 unspecified atom stereocenters. The van der Waals surface area contributed by atoms with Gasteiger partial charge in [-0.3, -0.25) is 4.68 Å². The van der Waals surface area contributed by atoms with Gasteiger partial charge in [0, 0.05) is 17.5 Å². The Balaban J connectivity index is 1.88. The van der Waals surface area contributed by atoms with E-state index in [0.717, 1.165) is 11.3 Å². The third-order valence-electron chi connectivity index (χ3n) is 4.69. The molecule has 128 valence electrons. The van der Waals surface area contributed by atoms with Crippen LogP contribution in [0, 0.1) is 0 Å². The normalized spacial score (nSPS) is 19.9. The first kappa shape index (κ1) is 17.4. The van der Waals surface area contributed by atoms with Gasteiger partial charge in [0.05, 0.1) is 22.6 Å². The van der Waals surface area contributed by atoms with Crippen molar-refractivity contribution in [2.24, 2.45) is 0 Å². The summed E-state index contributed by atoms with van der Waals surface area (Å²) >= 11 is 1.61. The summed E-state index contributed by atoms with van der Waals surface area (Å²) in [5.74, 6) is 0. The number of hydrogen-bond acceptors (Lipinski definition) is 4. The Labute approximate surface area is 146 Å². The average Bonchev–Trinajstić information content (AvgIpc) is 3.18. The zero-order chi connectivity index (χ0) is 17.5. The lowest BCUT2D eigenvalue weighted by atomic mass is 9.87. The van der Waals surface area contributed by atoms with Crippen LogP contribution < -0.4 is 0 Å². The van der Waals surface area contributed by atoms with E-state index in [9.17, 15) is 4.39 Å². The molecule has 0 saturated carbocycles. The highest BCUT2D eigenvalue weighted by Gasteiger charge is 2.53. The van der Waals surface area contributed by atoms with Crippen LogP contribution in [0.25, 0.3) is 17.3 Å². The van der Waals surface area contributed by atoms with Crippen LogP contribution in [-0.4, -0.2) is 28.1 Å². The minimum Gasteiger partial charge on any atom is -0.398 e. The molecule has 2 aromatic heterocycles. The molecule has 0 bridgehead atoms. The third-order valence-corrected chi connectivity index (χ3v) is 5.37. The van der Waals surface area contributed by atoms with Crippen molar-refractivity contribution in [3.63, 3.8) is 0 Å². The Hall–Kier alpha value is -1.44. The second kappa shape index (κ2) is 6.13. The first-order chi connectivity index (χ1) is 11.2. The van der Waals surface area contributed by atoms with E-state index in [0.29, 0.717) is 12.2 Å². The second-order valence-corrected chi connectivity index (χ2v) is 7.68. The minimum absolute atomic E-state index is 0.444. The van der Waals surface area contributed by atoms with Crippen molar-refractivity contribution in [2.45, 2.75) is 52.4 Å². The van der Waals surface area contributed by atoms with E-state index in [-0.39, 0.29) is 0 Å². The van der Waals surface area contributed by atoms with Crippen LogP contribution in [0.5, 0.6) is 0 Å². The van der Waals surface area contributed by atoms with Crippen molar-refractivity contribution in [2.75, 3.05) is 0 Å². The number of thiophene rings is 1. The number of hydrogen-bond donors (Lipinski definition) is 0. The highest BCUT2D eigenvalue weighted by molar-refractivity contribution is 7.08. The summed E-state index contributed by atoms with van der Waals surface area (Å²) in [6.07, 6.45) is 1.45. The largest absolute Gasteiger partial charge is 0.525 e. The fourth-order valence-corrected chi connectivity index (χ4v) is 3.17. The van der Waals surface area contributed by atoms with Crippen molar-refractivity contribution in [1.82, 2.24) is 9.78 Å². The minimum atomic E-state index is -0.986. The lowest BCUT2D eigenvalue weighted by Gasteiger charge is -2.32. The summed E-state index contributed by atoms with van der Waals surface area (Å²) in [5.41, 5.74) is 1.01. The van der Waals surface area contributed by atoms with E-state index in [2.05, 4.69) is 5.10 Å². The van der Waals surface area contributed by atoms with Gasteiger partial charge in [0.1, 0.15) is 5.73 Å². The lowest BCUT2D eigenvalue weighted by molar-refractivity contribution is 0.00578. The maximum Gasteiger partial charge on any atom is 0.525 e. The zero-order valence-corrected chi connectivity index (χ0v) is 15.5. The van der Waals surface area contributed by atoms with Crippen LogP contribution in [0.15, 0.2) is 28.6 Å². The van der Waals surface area contributed by atoms with Crippen LogP contribution in [0.1, 0.15) is 40.3 Å². The standard InChI is InChI=1S/C17H22BFN2O2S/c1-6-21-13(9-14(20-21)12-7-8-24-11-12)10-15(19)18-22-16(2,3)17(4,5)23-18/h7-11H,6H2,1-5H3. The fraction of sp³-hybridized carbons (Fsp3) is 0.471. The molecule has 3 rings (SSSR count). The molecule has 0 atom stereocenters. The van der Waals surface area contributed by atoms with Crippen molar-refractivity contribution >= 4 is 24.5 Å². The highest BCUT2D eigenvalue weighted by Crippen LogP contribution is 2.39. The van der Waals surface area contributed by atoms with Gasteiger partial charge in [0.2, 0.25) is 0 Å². The molecule has 1 aliphatic heterocycles. The highest BCUT2D eigenvalue weighted by atomic mass is 32.1. The first-order valence-electron chi connectivity index (χ1n) is 8.06. The molecule has 7 heteroatoms. The van der Waals surface area contributed by atoms with Gasteiger partial charge >= 0.3 is 7.12 Å². The van der Waals surface area contributed by atoms with Crippen LogP contribution in [-0.2, 0) is 15.9 Å². The summed E-state index contributed by atoms with van der Waals surface area (Å²) in [5, 5.41) is 8.57. The van der Waals surface area contributed by atoms with Crippen LogP contribution >= 0.6 is 11.3 Å². The van der Waals surface area contributed by atoms with Crippen LogP contribution in [0.4, 0.5) is 4.39 Å². The molecule has 1 saturated heterocycles. The molecule has 0 amide bonds. The van der Waals surface area contributed by atoms with Gasteiger partial charge < -0.3 is 9.31 Å². The van der Waals surface area contributed by atoms with Gasteiger partial charge in [-0.15, -0.1) is 0 Å². The summed E-state index contributed by atoms with van der Waals surface area (Å²) in [7, 11) is -0.986.